The van der Waals surface area contributed by atoms with Gasteiger partial charge in [-0.05, 0) is 35.2 Å². The van der Waals surface area contributed by atoms with Crippen molar-refractivity contribution in [3.8, 4) is 0 Å². The van der Waals surface area contributed by atoms with Crippen molar-refractivity contribution in [2.75, 3.05) is 31.6 Å². The maximum atomic E-state index is 11.9. The van der Waals surface area contributed by atoms with Crippen LogP contribution in [0.15, 0.2) is 42.7 Å². The summed E-state index contributed by atoms with van der Waals surface area (Å²) in [5.41, 5.74) is 4.92. The van der Waals surface area contributed by atoms with Gasteiger partial charge >= 0.3 is 0 Å². The van der Waals surface area contributed by atoms with E-state index >= 15 is 0 Å². The van der Waals surface area contributed by atoms with E-state index in [4.69, 9.17) is 0 Å². The number of amides is 1. The van der Waals surface area contributed by atoms with E-state index in [9.17, 15) is 4.79 Å². The summed E-state index contributed by atoms with van der Waals surface area (Å²) in [6.45, 7) is 3.91. The first-order valence-electron chi connectivity index (χ1n) is 8.95. The van der Waals surface area contributed by atoms with Crippen LogP contribution >= 0.6 is 12.4 Å². The first-order valence-corrected chi connectivity index (χ1v) is 8.95. The number of rotatable bonds is 3. The molecule has 0 saturated carbocycles. The fourth-order valence-electron chi connectivity index (χ4n) is 3.88. The molecule has 1 atom stereocenters. The second-order valence-electron chi connectivity index (χ2n) is 6.89. The Bertz CT molecular complexity index is 768. The van der Waals surface area contributed by atoms with Crippen LogP contribution < -0.4 is 10.2 Å². The van der Waals surface area contributed by atoms with E-state index < -0.39 is 0 Å². The molecular formula is C20H25ClN4O. The molecule has 0 aliphatic carbocycles. The topological polar surface area (TPSA) is 48.5 Å². The zero-order chi connectivity index (χ0) is 17.2. The standard InChI is InChI=1S/C20H24N4O.ClH/c1-23-18-6-4-15(11-16(18)5-7-20(23)25)14-24-10-9-22-13-19(24)17-3-2-8-21-12-17;/h2-4,6,8,11-12,19,22H,5,7,9-10,13-14H2,1H3;1H. The molecule has 5 nitrogen and oxygen atoms in total. The van der Waals surface area contributed by atoms with E-state index in [0.29, 0.717) is 12.5 Å². The second kappa shape index (κ2) is 8.16. The van der Waals surface area contributed by atoms with Crippen molar-refractivity contribution in [3.05, 3.63) is 59.4 Å². The highest BCUT2D eigenvalue weighted by Crippen LogP contribution is 2.29. The molecule has 0 bridgehead atoms. The monoisotopic (exact) mass is 372 g/mol. The Morgan fingerprint density at radius 2 is 2.15 bits per heavy atom. The van der Waals surface area contributed by atoms with E-state index in [1.807, 2.05) is 25.5 Å². The van der Waals surface area contributed by atoms with Gasteiger partial charge in [0.25, 0.3) is 0 Å². The molecule has 3 heterocycles. The quantitative estimate of drug-likeness (QED) is 0.899. The van der Waals surface area contributed by atoms with Crippen LogP contribution in [0.1, 0.15) is 29.2 Å². The molecule has 1 aromatic carbocycles. The number of carbonyl (C=O) groups excluding carboxylic acids is 1. The molecule has 138 valence electrons. The normalized spacial score (nSPS) is 20.4. The molecule has 2 aromatic rings. The maximum absolute atomic E-state index is 11.9. The first kappa shape index (κ1) is 18.8. The van der Waals surface area contributed by atoms with Crippen molar-refractivity contribution in [2.45, 2.75) is 25.4 Å². The highest BCUT2D eigenvalue weighted by atomic mass is 35.5. The molecule has 1 aromatic heterocycles. The summed E-state index contributed by atoms with van der Waals surface area (Å²) in [6.07, 6.45) is 5.25. The predicted octanol–water partition coefficient (Wildman–Crippen LogP) is 2.56. The van der Waals surface area contributed by atoms with Crippen LogP contribution in [0.3, 0.4) is 0 Å². The van der Waals surface area contributed by atoms with E-state index in [1.54, 1.807) is 4.90 Å². The third-order valence-corrected chi connectivity index (χ3v) is 5.30. The second-order valence-corrected chi connectivity index (χ2v) is 6.89. The van der Waals surface area contributed by atoms with Crippen LogP contribution in [-0.4, -0.2) is 42.5 Å². The number of pyridine rings is 1. The van der Waals surface area contributed by atoms with Gasteiger partial charge in [0, 0.05) is 63.8 Å². The third-order valence-electron chi connectivity index (χ3n) is 5.30. The zero-order valence-electron chi connectivity index (χ0n) is 15.0. The highest BCUT2D eigenvalue weighted by Gasteiger charge is 2.25. The van der Waals surface area contributed by atoms with Gasteiger partial charge in [0.1, 0.15) is 0 Å². The molecule has 1 N–H and O–H groups in total. The Hall–Kier alpha value is -1.95. The Balaban J connectivity index is 0.00000196. The molecule has 2 aliphatic rings. The van der Waals surface area contributed by atoms with Crippen molar-refractivity contribution in [3.63, 3.8) is 0 Å². The van der Waals surface area contributed by atoms with Gasteiger partial charge in [-0.1, -0.05) is 18.2 Å². The SMILES string of the molecule is CN1C(=O)CCc2cc(CN3CCNCC3c3cccnc3)ccc21.Cl. The Morgan fingerprint density at radius 1 is 1.27 bits per heavy atom. The van der Waals surface area contributed by atoms with Crippen molar-refractivity contribution in [1.82, 2.24) is 15.2 Å². The summed E-state index contributed by atoms with van der Waals surface area (Å²) in [5.74, 6) is 0.207. The minimum Gasteiger partial charge on any atom is -0.315 e. The molecular weight excluding hydrogens is 348 g/mol. The molecule has 0 radical (unpaired) electrons. The molecule has 4 rings (SSSR count). The summed E-state index contributed by atoms with van der Waals surface area (Å²) in [4.78, 5) is 20.5. The van der Waals surface area contributed by atoms with Gasteiger partial charge in [0.05, 0.1) is 0 Å². The smallest absolute Gasteiger partial charge is 0.227 e. The van der Waals surface area contributed by atoms with E-state index in [2.05, 4.69) is 39.5 Å². The van der Waals surface area contributed by atoms with Gasteiger partial charge in [-0.2, -0.15) is 0 Å². The highest BCUT2D eigenvalue weighted by molar-refractivity contribution is 5.95. The first-order chi connectivity index (χ1) is 12.2. The minimum absolute atomic E-state index is 0. The zero-order valence-corrected chi connectivity index (χ0v) is 15.8. The molecule has 1 saturated heterocycles. The van der Waals surface area contributed by atoms with Gasteiger partial charge in [-0.3, -0.25) is 14.7 Å². The number of hydrogen-bond donors (Lipinski definition) is 1. The summed E-state index contributed by atoms with van der Waals surface area (Å²) >= 11 is 0. The van der Waals surface area contributed by atoms with Crippen LogP contribution in [0.4, 0.5) is 5.69 Å². The minimum atomic E-state index is 0. The lowest BCUT2D eigenvalue weighted by molar-refractivity contribution is -0.118. The number of aromatic nitrogens is 1. The number of piperazine rings is 1. The average molecular weight is 373 g/mol. The van der Waals surface area contributed by atoms with Gasteiger partial charge in [-0.15, -0.1) is 12.4 Å². The summed E-state index contributed by atoms with van der Waals surface area (Å²) in [7, 11) is 1.87. The van der Waals surface area contributed by atoms with E-state index in [0.717, 1.165) is 38.3 Å². The molecule has 1 amide bonds. The van der Waals surface area contributed by atoms with Crippen LogP contribution in [0, 0.1) is 0 Å². The number of halogens is 1. The Labute approximate surface area is 160 Å². The fourth-order valence-corrected chi connectivity index (χ4v) is 3.88. The third kappa shape index (κ3) is 3.75. The molecule has 0 spiro atoms. The molecule has 1 unspecified atom stereocenters. The van der Waals surface area contributed by atoms with Gasteiger partial charge in [-0.25, -0.2) is 0 Å². The number of benzene rings is 1. The summed E-state index contributed by atoms with van der Waals surface area (Å²) < 4.78 is 0. The molecule has 26 heavy (non-hydrogen) atoms. The van der Waals surface area contributed by atoms with Crippen molar-refractivity contribution in [1.29, 1.82) is 0 Å². The number of carbonyl (C=O) groups is 1. The molecule has 6 heteroatoms. The Morgan fingerprint density at radius 3 is 2.96 bits per heavy atom. The van der Waals surface area contributed by atoms with E-state index in [-0.39, 0.29) is 18.3 Å². The lowest BCUT2D eigenvalue weighted by Crippen LogP contribution is -2.45. The fraction of sp³-hybridized carbons (Fsp3) is 0.400. The largest absolute Gasteiger partial charge is 0.315 e. The van der Waals surface area contributed by atoms with Crippen molar-refractivity contribution in [2.24, 2.45) is 0 Å². The molecule has 2 aliphatic heterocycles. The number of fused-ring (bicyclic) bond motifs is 1. The maximum Gasteiger partial charge on any atom is 0.227 e. The van der Waals surface area contributed by atoms with Gasteiger partial charge in [0.15, 0.2) is 0 Å². The van der Waals surface area contributed by atoms with Crippen LogP contribution in [-0.2, 0) is 17.8 Å². The van der Waals surface area contributed by atoms with Crippen molar-refractivity contribution >= 4 is 24.0 Å². The average Bonchev–Trinajstić information content (AvgIpc) is 2.66. The number of nitrogens with one attached hydrogen (secondary N) is 1. The van der Waals surface area contributed by atoms with Crippen molar-refractivity contribution < 1.29 is 4.79 Å². The number of nitrogens with zero attached hydrogens (tertiary/aromatic N) is 3. The lowest BCUT2D eigenvalue weighted by Gasteiger charge is -2.36. The summed E-state index contributed by atoms with van der Waals surface area (Å²) in [6, 6.07) is 11.1. The van der Waals surface area contributed by atoms with Gasteiger partial charge < -0.3 is 10.2 Å². The Kier molecular flexibility index (Phi) is 5.91. The van der Waals surface area contributed by atoms with Crippen LogP contribution in [0.5, 0.6) is 0 Å². The molecule has 1 fully saturated rings. The number of hydrogen-bond acceptors (Lipinski definition) is 4. The van der Waals surface area contributed by atoms with Crippen LogP contribution in [0.2, 0.25) is 0 Å². The number of aryl methyl sites for hydroxylation is 1. The summed E-state index contributed by atoms with van der Waals surface area (Å²) in [5, 5.41) is 3.50. The predicted molar refractivity (Wildman–Crippen MR) is 106 cm³/mol. The van der Waals surface area contributed by atoms with E-state index in [1.165, 1.54) is 16.7 Å². The van der Waals surface area contributed by atoms with Crippen LogP contribution in [0.25, 0.3) is 0 Å². The van der Waals surface area contributed by atoms with Gasteiger partial charge in [0.2, 0.25) is 5.91 Å². The lowest BCUT2D eigenvalue weighted by atomic mass is 9.98. The number of anilines is 1.